The van der Waals surface area contributed by atoms with E-state index in [1.54, 1.807) is 18.2 Å². The van der Waals surface area contributed by atoms with E-state index in [-0.39, 0.29) is 11.6 Å². The Morgan fingerprint density at radius 2 is 1.70 bits per heavy atom. The number of hydrogen-bond acceptors (Lipinski definition) is 1. The van der Waals surface area contributed by atoms with E-state index >= 15 is 0 Å². The van der Waals surface area contributed by atoms with Gasteiger partial charge >= 0.3 is 6.11 Å². The highest BCUT2D eigenvalue weighted by molar-refractivity contribution is 5.84. The molecule has 0 atom stereocenters. The lowest BCUT2D eigenvalue weighted by molar-refractivity contribution is -0.223. The molecule has 0 heterocycles. The molecule has 1 aliphatic carbocycles. The van der Waals surface area contributed by atoms with Crippen molar-refractivity contribution < 1.29 is 17.9 Å². The highest BCUT2D eigenvalue weighted by Crippen LogP contribution is 2.41. The maximum Gasteiger partial charge on any atom is 0.400 e. The van der Waals surface area contributed by atoms with Gasteiger partial charge in [-0.15, -0.1) is 0 Å². The van der Waals surface area contributed by atoms with Crippen molar-refractivity contribution in [2.24, 2.45) is 11.8 Å². The van der Waals surface area contributed by atoms with Gasteiger partial charge in [-0.25, -0.2) is 4.39 Å². The van der Waals surface area contributed by atoms with Crippen molar-refractivity contribution in [2.45, 2.75) is 71.3 Å². The molecule has 1 fully saturated rings. The standard InChI is InChI=1S/C23H29F3O/c1-3-5-16-7-10-20(11-8-16)23(25,26)27-21-12-9-17-13-18(6-4-2)22(24)15-19(17)14-21/h9,12-16,20H,3-8,10-11H2,1-2H3. The lowest BCUT2D eigenvalue weighted by atomic mass is 9.79. The van der Waals surface area contributed by atoms with E-state index in [2.05, 4.69) is 6.92 Å². The molecule has 0 saturated heterocycles. The first-order valence-electron chi connectivity index (χ1n) is 10.2. The Balaban J connectivity index is 1.72. The molecule has 0 unspecified atom stereocenters. The fraction of sp³-hybridized carbons (Fsp3) is 0.565. The minimum absolute atomic E-state index is 0.103. The quantitative estimate of drug-likeness (QED) is 0.484. The highest BCUT2D eigenvalue weighted by atomic mass is 19.3. The van der Waals surface area contributed by atoms with Gasteiger partial charge in [0.15, 0.2) is 0 Å². The van der Waals surface area contributed by atoms with Crippen LogP contribution in [0.4, 0.5) is 13.2 Å². The topological polar surface area (TPSA) is 9.23 Å². The lowest BCUT2D eigenvalue weighted by Gasteiger charge is -2.33. The van der Waals surface area contributed by atoms with E-state index in [0.29, 0.717) is 36.1 Å². The Kier molecular flexibility index (Phi) is 6.33. The third-order valence-corrected chi connectivity index (χ3v) is 5.77. The molecule has 2 aromatic carbocycles. The third kappa shape index (κ3) is 4.77. The summed E-state index contributed by atoms with van der Waals surface area (Å²) in [7, 11) is 0. The van der Waals surface area contributed by atoms with E-state index < -0.39 is 12.0 Å². The first-order chi connectivity index (χ1) is 12.9. The smallest absolute Gasteiger partial charge is 0.400 e. The number of halogens is 3. The van der Waals surface area contributed by atoms with Gasteiger partial charge in [0.25, 0.3) is 0 Å². The van der Waals surface area contributed by atoms with Crippen LogP contribution in [0.1, 0.15) is 64.4 Å². The summed E-state index contributed by atoms with van der Waals surface area (Å²) in [5.41, 5.74) is 0.660. The Hall–Kier alpha value is -1.71. The van der Waals surface area contributed by atoms with Gasteiger partial charge in [0.05, 0.1) is 5.92 Å². The van der Waals surface area contributed by atoms with E-state index in [1.807, 2.05) is 6.92 Å². The Morgan fingerprint density at radius 3 is 2.37 bits per heavy atom. The zero-order valence-electron chi connectivity index (χ0n) is 16.2. The molecule has 4 heteroatoms. The van der Waals surface area contributed by atoms with Gasteiger partial charge in [0.1, 0.15) is 11.6 Å². The normalized spacial score (nSPS) is 20.8. The molecular weight excluding hydrogens is 349 g/mol. The van der Waals surface area contributed by atoms with Gasteiger partial charge in [-0.05, 0) is 78.6 Å². The van der Waals surface area contributed by atoms with Crippen LogP contribution in [0.2, 0.25) is 0 Å². The minimum Gasteiger partial charge on any atom is -0.432 e. The summed E-state index contributed by atoms with van der Waals surface area (Å²) < 4.78 is 48.6. The maximum absolute atomic E-state index is 14.7. The molecule has 0 amide bonds. The van der Waals surface area contributed by atoms with Gasteiger partial charge in [-0.1, -0.05) is 39.2 Å². The summed E-state index contributed by atoms with van der Waals surface area (Å²) in [6.07, 6.45) is 3.26. The number of alkyl halides is 2. The zero-order chi connectivity index (χ0) is 19.4. The molecule has 0 spiro atoms. The number of aryl methyl sites for hydroxylation is 1. The fourth-order valence-electron chi connectivity index (χ4n) is 4.26. The van der Waals surface area contributed by atoms with E-state index in [0.717, 1.165) is 37.5 Å². The molecule has 1 saturated carbocycles. The summed E-state index contributed by atoms with van der Waals surface area (Å²) in [6.45, 7) is 4.13. The first kappa shape index (κ1) is 20.0. The third-order valence-electron chi connectivity index (χ3n) is 5.77. The largest absolute Gasteiger partial charge is 0.432 e. The number of hydrogen-bond donors (Lipinski definition) is 0. The lowest BCUT2D eigenvalue weighted by Crippen LogP contribution is -2.37. The van der Waals surface area contributed by atoms with Crippen molar-refractivity contribution in [3.63, 3.8) is 0 Å². The van der Waals surface area contributed by atoms with Crippen LogP contribution in [-0.4, -0.2) is 6.11 Å². The van der Waals surface area contributed by atoms with Crippen molar-refractivity contribution in [3.8, 4) is 5.75 Å². The number of ether oxygens (including phenoxy) is 1. The van der Waals surface area contributed by atoms with E-state index in [4.69, 9.17) is 4.74 Å². The molecule has 2 aromatic rings. The Bertz CT molecular complexity index is 764. The van der Waals surface area contributed by atoms with Crippen molar-refractivity contribution in [3.05, 3.63) is 41.7 Å². The number of rotatable bonds is 7. The van der Waals surface area contributed by atoms with Crippen LogP contribution >= 0.6 is 0 Å². The molecule has 0 bridgehead atoms. The molecule has 1 nitrogen and oxygen atoms in total. The summed E-state index contributed by atoms with van der Waals surface area (Å²) in [5, 5.41) is 1.43. The molecule has 1 aliphatic rings. The van der Waals surface area contributed by atoms with Gasteiger partial charge in [-0.2, -0.15) is 8.78 Å². The van der Waals surface area contributed by atoms with Crippen LogP contribution in [0.25, 0.3) is 10.8 Å². The molecule has 0 radical (unpaired) electrons. The van der Waals surface area contributed by atoms with Crippen molar-refractivity contribution in [1.29, 1.82) is 0 Å². The van der Waals surface area contributed by atoms with Crippen LogP contribution in [-0.2, 0) is 6.42 Å². The highest BCUT2D eigenvalue weighted by Gasteiger charge is 2.43. The average molecular weight is 378 g/mol. The number of benzene rings is 2. The van der Waals surface area contributed by atoms with Gasteiger partial charge in [-0.3, -0.25) is 0 Å². The van der Waals surface area contributed by atoms with E-state index in [1.165, 1.54) is 12.1 Å². The van der Waals surface area contributed by atoms with Crippen molar-refractivity contribution >= 4 is 10.8 Å². The second kappa shape index (κ2) is 8.53. The molecule has 0 aliphatic heterocycles. The van der Waals surface area contributed by atoms with Crippen LogP contribution in [0.3, 0.4) is 0 Å². The van der Waals surface area contributed by atoms with Gasteiger partial charge in [0.2, 0.25) is 0 Å². The minimum atomic E-state index is -3.19. The Labute approximate surface area is 159 Å². The summed E-state index contributed by atoms with van der Waals surface area (Å²) >= 11 is 0. The van der Waals surface area contributed by atoms with Gasteiger partial charge in [0, 0.05) is 0 Å². The summed E-state index contributed by atoms with van der Waals surface area (Å²) in [4.78, 5) is 0. The molecule has 148 valence electrons. The second-order valence-electron chi connectivity index (χ2n) is 7.87. The molecule has 0 N–H and O–H groups in total. The van der Waals surface area contributed by atoms with Crippen LogP contribution < -0.4 is 4.74 Å². The van der Waals surface area contributed by atoms with Crippen molar-refractivity contribution in [1.82, 2.24) is 0 Å². The molecule has 27 heavy (non-hydrogen) atoms. The van der Waals surface area contributed by atoms with Crippen LogP contribution in [0.5, 0.6) is 5.75 Å². The van der Waals surface area contributed by atoms with E-state index in [9.17, 15) is 13.2 Å². The Morgan fingerprint density at radius 1 is 0.963 bits per heavy atom. The van der Waals surface area contributed by atoms with Gasteiger partial charge < -0.3 is 4.74 Å². The summed E-state index contributed by atoms with van der Waals surface area (Å²) in [6, 6.07) is 8.03. The zero-order valence-corrected chi connectivity index (χ0v) is 16.2. The first-order valence-corrected chi connectivity index (χ1v) is 10.2. The fourth-order valence-corrected chi connectivity index (χ4v) is 4.26. The summed E-state index contributed by atoms with van der Waals surface area (Å²) in [5.74, 6) is -0.360. The average Bonchev–Trinajstić information content (AvgIpc) is 2.63. The molecule has 3 rings (SSSR count). The second-order valence-corrected chi connectivity index (χ2v) is 7.87. The van der Waals surface area contributed by atoms with Crippen LogP contribution in [0.15, 0.2) is 30.3 Å². The maximum atomic E-state index is 14.7. The monoisotopic (exact) mass is 378 g/mol. The SMILES string of the molecule is CCCc1cc2ccc(OC(F)(F)C3CCC(CCC)CC3)cc2cc1F. The van der Waals surface area contributed by atoms with Crippen LogP contribution in [0, 0.1) is 17.7 Å². The predicted molar refractivity (Wildman–Crippen MR) is 104 cm³/mol. The molecule has 0 aromatic heterocycles. The van der Waals surface area contributed by atoms with Crippen molar-refractivity contribution in [2.75, 3.05) is 0 Å². The predicted octanol–water partition coefficient (Wildman–Crippen LogP) is 7.51. The number of fused-ring (bicyclic) bond motifs is 1. The molecular formula is C23H29F3O.